The van der Waals surface area contributed by atoms with Gasteiger partial charge in [0.05, 0.1) is 17.0 Å². The van der Waals surface area contributed by atoms with Crippen LogP contribution in [0.2, 0.25) is 0 Å². The molecule has 0 spiro atoms. The lowest BCUT2D eigenvalue weighted by atomic mass is 9.92. The number of carbonyl (C=O) groups is 2. The van der Waals surface area contributed by atoms with Gasteiger partial charge < -0.3 is 15.6 Å². The largest absolute Gasteiger partial charge is 0.416 e. The maximum Gasteiger partial charge on any atom is 0.416 e. The number of carbonyl (C=O) groups excluding carboxylic acids is 2. The van der Waals surface area contributed by atoms with Crippen molar-refractivity contribution in [3.63, 3.8) is 0 Å². The molecule has 4 rings (SSSR count). The summed E-state index contributed by atoms with van der Waals surface area (Å²) in [6.45, 7) is 0. The minimum atomic E-state index is -4.50. The molecule has 3 aromatic rings. The Balaban J connectivity index is 1.54. The monoisotopic (exact) mass is 474 g/mol. The maximum atomic E-state index is 12.8. The van der Waals surface area contributed by atoms with Gasteiger partial charge in [0.2, 0.25) is 11.8 Å². The number of aromatic nitrogens is 2. The standard InChI is InChI=1S/C22H17F3N4O3S/c23-22(24,25)13-6-8-14(9-7-13)26-19(31)15-10-16(30)27-18-17(15)20(32)29-21(28-18)33-11-12-4-2-1-3-5-12/h1-9,15H,10-11H2,(H,26,31)(H2,27,28,29,30,32). The second-order valence-corrected chi connectivity index (χ2v) is 8.24. The molecule has 1 aromatic heterocycles. The highest BCUT2D eigenvalue weighted by Crippen LogP contribution is 2.32. The first-order valence-corrected chi connectivity index (χ1v) is 10.8. The van der Waals surface area contributed by atoms with E-state index in [-0.39, 0.29) is 28.6 Å². The Morgan fingerprint density at radius 2 is 1.79 bits per heavy atom. The summed E-state index contributed by atoms with van der Waals surface area (Å²) < 4.78 is 38.2. The number of rotatable bonds is 5. The number of aromatic amines is 1. The number of anilines is 2. The number of halogens is 3. The number of nitrogens with zero attached hydrogens (tertiary/aromatic N) is 1. The van der Waals surface area contributed by atoms with Crippen molar-refractivity contribution in [3.8, 4) is 0 Å². The Hall–Kier alpha value is -3.60. The molecule has 0 radical (unpaired) electrons. The van der Waals surface area contributed by atoms with Crippen LogP contribution in [0.3, 0.4) is 0 Å². The van der Waals surface area contributed by atoms with Crippen molar-refractivity contribution in [3.05, 3.63) is 81.6 Å². The fraction of sp³-hybridized carbons (Fsp3) is 0.182. The molecule has 2 aromatic carbocycles. The van der Waals surface area contributed by atoms with Crippen LogP contribution in [-0.4, -0.2) is 21.8 Å². The van der Waals surface area contributed by atoms with Gasteiger partial charge in [-0.05, 0) is 29.8 Å². The van der Waals surface area contributed by atoms with E-state index in [0.717, 1.165) is 29.8 Å². The summed E-state index contributed by atoms with van der Waals surface area (Å²) in [5.41, 5.74) is -0.295. The van der Waals surface area contributed by atoms with Crippen molar-refractivity contribution < 1.29 is 22.8 Å². The van der Waals surface area contributed by atoms with Crippen LogP contribution in [0, 0.1) is 0 Å². The molecule has 0 saturated carbocycles. The fourth-order valence-electron chi connectivity index (χ4n) is 3.34. The highest BCUT2D eigenvalue weighted by Gasteiger charge is 2.35. The number of thioether (sulfide) groups is 1. The van der Waals surface area contributed by atoms with E-state index in [2.05, 4.69) is 20.6 Å². The lowest BCUT2D eigenvalue weighted by molar-refractivity contribution is -0.137. The van der Waals surface area contributed by atoms with Crippen LogP contribution in [-0.2, 0) is 21.5 Å². The highest BCUT2D eigenvalue weighted by atomic mass is 32.2. The third-order valence-electron chi connectivity index (χ3n) is 4.94. The number of H-pyrrole nitrogens is 1. The smallest absolute Gasteiger partial charge is 0.326 e. The van der Waals surface area contributed by atoms with Crippen LogP contribution >= 0.6 is 11.8 Å². The van der Waals surface area contributed by atoms with Crippen molar-refractivity contribution in [1.82, 2.24) is 9.97 Å². The summed E-state index contributed by atoms with van der Waals surface area (Å²) in [6.07, 6.45) is -4.79. The maximum absolute atomic E-state index is 12.8. The van der Waals surface area contributed by atoms with Gasteiger partial charge in [0.25, 0.3) is 5.56 Å². The summed E-state index contributed by atoms with van der Waals surface area (Å²) in [5, 5.41) is 5.28. The Morgan fingerprint density at radius 3 is 2.45 bits per heavy atom. The molecule has 0 saturated heterocycles. The van der Waals surface area contributed by atoms with Crippen LogP contribution in [0.5, 0.6) is 0 Å². The van der Waals surface area contributed by atoms with Gasteiger partial charge in [0.1, 0.15) is 5.82 Å². The van der Waals surface area contributed by atoms with E-state index < -0.39 is 35.0 Å². The number of hydrogen-bond donors (Lipinski definition) is 3. The average Bonchev–Trinajstić information content (AvgIpc) is 2.77. The first-order chi connectivity index (χ1) is 15.7. The predicted octanol–water partition coefficient (Wildman–Crippen LogP) is 4.15. The van der Waals surface area contributed by atoms with Crippen molar-refractivity contribution in [1.29, 1.82) is 0 Å². The lowest BCUT2D eigenvalue weighted by Gasteiger charge is -2.23. The molecule has 0 fully saturated rings. The van der Waals surface area contributed by atoms with Crippen LogP contribution < -0.4 is 16.2 Å². The van der Waals surface area contributed by atoms with Gasteiger partial charge in [-0.3, -0.25) is 14.4 Å². The van der Waals surface area contributed by atoms with Crippen LogP contribution in [0.15, 0.2) is 64.5 Å². The normalized spacial score (nSPS) is 15.5. The van der Waals surface area contributed by atoms with Crippen molar-refractivity contribution >= 4 is 35.1 Å². The number of amides is 2. The number of nitrogens with one attached hydrogen (secondary N) is 3. The number of fused-ring (bicyclic) bond motifs is 1. The lowest BCUT2D eigenvalue weighted by Crippen LogP contribution is -2.36. The number of benzene rings is 2. The van der Waals surface area contributed by atoms with Gasteiger partial charge in [0, 0.05) is 17.9 Å². The first-order valence-electron chi connectivity index (χ1n) is 9.79. The zero-order valence-electron chi connectivity index (χ0n) is 16.9. The topological polar surface area (TPSA) is 104 Å². The fourth-order valence-corrected chi connectivity index (χ4v) is 4.16. The molecule has 1 aliphatic heterocycles. The average molecular weight is 474 g/mol. The summed E-state index contributed by atoms with van der Waals surface area (Å²) in [6, 6.07) is 13.4. The molecule has 1 atom stereocenters. The van der Waals surface area contributed by atoms with E-state index in [0.29, 0.717) is 5.75 Å². The second-order valence-electron chi connectivity index (χ2n) is 7.28. The summed E-state index contributed by atoms with van der Waals surface area (Å²) in [4.78, 5) is 44.7. The molecule has 170 valence electrons. The number of hydrogen-bond acceptors (Lipinski definition) is 5. The zero-order valence-corrected chi connectivity index (χ0v) is 17.7. The molecule has 2 amide bonds. The molecule has 7 nitrogen and oxygen atoms in total. The van der Waals surface area contributed by atoms with Gasteiger partial charge in [-0.2, -0.15) is 13.2 Å². The third-order valence-corrected chi connectivity index (χ3v) is 5.89. The molecule has 1 aliphatic rings. The Morgan fingerprint density at radius 1 is 1.09 bits per heavy atom. The van der Waals surface area contributed by atoms with Crippen LogP contribution in [0.25, 0.3) is 0 Å². The molecule has 2 heterocycles. The van der Waals surface area contributed by atoms with Crippen LogP contribution in [0.1, 0.15) is 29.0 Å². The van der Waals surface area contributed by atoms with E-state index in [9.17, 15) is 27.6 Å². The Labute approximate surface area is 189 Å². The molecule has 0 bridgehead atoms. The van der Waals surface area contributed by atoms with Gasteiger partial charge in [-0.15, -0.1) is 0 Å². The molecular formula is C22H17F3N4O3S. The van der Waals surface area contributed by atoms with E-state index >= 15 is 0 Å². The predicted molar refractivity (Wildman–Crippen MR) is 117 cm³/mol. The minimum Gasteiger partial charge on any atom is -0.326 e. The molecule has 11 heteroatoms. The molecule has 33 heavy (non-hydrogen) atoms. The quantitative estimate of drug-likeness (QED) is 0.381. The van der Waals surface area contributed by atoms with Crippen molar-refractivity contribution in [2.75, 3.05) is 10.6 Å². The Bertz CT molecular complexity index is 1240. The van der Waals surface area contributed by atoms with Gasteiger partial charge in [-0.25, -0.2) is 4.98 Å². The van der Waals surface area contributed by atoms with Crippen molar-refractivity contribution in [2.24, 2.45) is 0 Å². The molecule has 3 N–H and O–H groups in total. The second kappa shape index (κ2) is 9.10. The summed E-state index contributed by atoms with van der Waals surface area (Å²) >= 11 is 1.27. The van der Waals surface area contributed by atoms with E-state index in [4.69, 9.17) is 0 Å². The molecule has 1 unspecified atom stereocenters. The summed E-state index contributed by atoms with van der Waals surface area (Å²) in [7, 11) is 0. The van der Waals surface area contributed by atoms with E-state index in [1.807, 2.05) is 30.3 Å². The first kappa shape index (κ1) is 22.6. The molecule has 0 aliphatic carbocycles. The highest BCUT2D eigenvalue weighted by molar-refractivity contribution is 7.98. The van der Waals surface area contributed by atoms with Gasteiger partial charge >= 0.3 is 6.18 Å². The van der Waals surface area contributed by atoms with Crippen molar-refractivity contribution in [2.45, 2.75) is 29.4 Å². The van der Waals surface area contributed by atoms with Gasteiger partial charge in [-0.1, -0.05) is 42.1 Å². The SMILES string of the molecule is O=C1CC(C(=O)Nc2ccc(C(F)(F)F)cc2)c2c(nc(SCc3ccccc3)[nH]c2=O)N1. The summed E-state index contributed by atoms with van der Waals surface area (Å²) in [5.74, 6) is -1.79. The third kappa shape index (κ3) is 5.25. The van der Waals surface area contributed by atoms with E-state index in [1.165, 1.54) is 11.8 Å². The Kier molecular flexibility index (Phi) is 6.23. The number of alkyl halides is 3. The zero-order chi connectivity index (χ0) is 23.6. The van der Waals surface area contributed by atoms with Crippen LogP contribution in [0.4, 0.5) is 24.7 Å². The van der Waals surface area contributed by atoms with E-state index in [1.54, 1.807) is 0 Å². The molecular weight excluding hydrogens is 457 g/mol. The van der Waals surface area contributed by atoms with Gasteiger partial charge in [0.15, 0.2) is 5.16 Å². The minimum absolute atomic E-state index is 0.00173.